The maximum Gasteiger partial charge on any atom is 0.191 e. The second-order valence-corrected chi connectivity index (χ2v) is 6.15. The monoisotopic (exact) mass is 474 g/mol. The largest absolute Gasteiger partial charge is 0.459 e. The van der Waals surface area contributed by atoms with Gasteiger partial charge in [0.05, 0.1) is 13.2 Å². The van der Waals surface area contributed by atoms with Gasteiger partial charge in [0.2, 0.25) is 0 Å². The highest BCUT2D eigenvalue weighted by molar-refractivity contribution is 14.0. The lowest BCUT2D eigenvalue weighted by Gasteiger charge is -2.16. The van der Waals surface area contributed by atoms with Gasteiger partial charge in [-0.25, -0.2) is 0 Å². The van der Waals surface area contributed by atoms with E-state index in [1.807, 2.05) is 18.2 Å². The Balaban J connectivity index is 0.00000338. The number of benzene rings is 1. The van der Waals surface area contributed by atoms with E-state index >= 15 is 0 Å². The second kappa shape index (κ2) is 12.1. The predicted octanol–water partition coefficient (Wildman–Crippen LogP) is 2.99. The van der Waals surface area contributed by atoms with Gasteiger partial charge in [-0.1, -0.05) is 18.2 Å². The summed E-state index contributed by atoms with van der Waals surface area (Å²) < 4.78 is 11.0. The Morgan fingerprint density at radius 3 is 2.69 bits per heavy atom. The van der Waals surface area contributed by atoms with E-state index in [4.69, 9.17) is 9.15 Å². The van der Waals surface area contributed by atoms with Crippen molar-refractivity contribution in [3.63, 3.8) is 0 Å². The summed E-state index contributed by atoms with van der Waals surface area (Å²) in [6, 6.07) is 8.11. The van der Waals surface area contributed by atoms with Crippen molar-refractivity contribution in [1.82, 2.24) is 15.5 Å². The first-order chi connectivity index (χ1) is 12.2. The predicted molar refractivity (Wildman–Crippen MR) is 119 cm³/mol. The molecule has 1 heterocycles. The van der Waals surface area contributed by atoms with Crippen LogP contribution in [0.1, 0.15) is 17.7 Å². The number of furan rings is 1. The molecule has 7 heteroatoms. The second-order valence-electron chi connectivity index (χ2n) is 6.15. The Kier molecular flexibility index (Phi) is 10.6. The first-order valence-electron chi connectivity index (χ1n) is 8.74. The van der Waals surface area contributed by atoms with Crippen LogP contribution in [0.3, 0.4) is 0 Å². The van der Waals surface area contributed by atoms with E-state index < -0.39 is 0 Å². The van der Waals surface area contributed by atoms with Crippen molar-refractivity contribution in [2.24, 2.45) is 4.99 Å². The third-order valence-corrected chi connectivity index (χ3v) is 4.27. The average Bonchev–Trinajstić information content (AvgIpc) is 2.95. The molecular formula is C19H31IN4O2. The summed E-state index contributed by atoms with van der Waals surface area (Å²) >= 11 is 0. The summed E-state index contributed by atoms with van der Waals surface area (Å²) in [6.45, 7) is 6.33. The molecule has 2 rings (SSSR count). The number of aliphatic imine (C=N–C) groups is 1. The topological polar surface area (TPSA) is 62.0 Å². The zero-order valence-corrected chi connectivity index (χ0v) is 18.5. The molecule has 1 aromatic carbocycles. The van der Waals surface area contributed by atoms with Gasteiger partial charge < -0.3 is 24.7 Å². The number of aryl methyl sites for hydroxylation is 1. The molecule has 0 aliphatic rings. The zero-order chi connectivity index (χ0) is 18.1. The zero-order valence-electron chi connectivity index (χ0n) is 16.2. The van der Waals surface area contributed by atoms with Crippen molar-refractivity contribution in [3.8, 4) is 0 Å². The molecule has 0 radical (unpaired) electrons. The summed E-state index contributed by atoms with van der Waals surface area (Å²) in [5.74, 6) is 1.74. The quantitative estimate of drug-likeness (QED) is 0.253. The van der Waals surface area contributed by atoms with Gasteiger partial charge in [0.15, 0.2) is 5.96 Å². The Labute approximate surface area is 173 Å². The molecule has 0 fully saturated rings. The van der Waals surface area contributed by atoms with Crippen LogP contribution in [0.25, 0.3) is 11.0 Å². The number of ether oxygens (including phenoxy) is 1. The van der Waals surface area contributed by atoms with Gasteiger partial charge in [-0.3, -0.25) is 4.99 Å². The minimum absolute atomic E-state index is 0. The number of halogens is 1. The molecular weight excluding hydrogens is 443 g/mol. The molecule has 0 aliphatic carbocycles. The van der Waals surface area contributed by atoms with Crippen LogP contribution in [0.15, 0.2) is 33.7 Å². The maximum absolute atomic E-state index is 5.92. The lowest BCUT2D eigenvalue weighted by atomic mass is 10.1. The van der Waals surface area contributed by atoms with Crippen LogP contribution in [-0.4, -0.2) is 58.3 Å². The van der Waals surface area contributed by atoms with E-state index in [1.165, 1.54) is 10.9 Å². The number of methoxy groups -OCH3 is 1. The van der Waals surface area contributed by atoms with E-state index in [1.54, 1.807) is 14.2 Å². The molecule has 0 saturated heterocycles. The summed E-state index contributed by atoms with van der Waals surface area (Å²) in [6.07, 6.45) is 1.05. The highest BCUT2D eigenvalue weighted by Crippen LogP contribution is 2.24. The maximum atomic E-state index is 5.92. The van der Waals surface area contributed by atoms with Gasteiger partial charge in [-0.05, 0) is 33.0 Å². The molecule has 0 aliphatic heterocycles. The Morgan fingerprint density at radius 2 is 2.00 bits per heavy atom. The van der Waals surface area contributed by atoms with Crippen LogP contribution in [0.5, 0.6) is 0 Å². The Bertz CT molecular complexity index is 687. The minimum Gasteiger partial charge on any atom is -0.459 e. The third kappa shape index (κ3) is 6.77. The first kappa shape index (κ1) is 22.7. The van der Waals surface area contributed by atoms with Crippen molar-refractivity contribution in [2.75, 3.05) is 47.4 Å². The van der Waals surface area contributed by atoms with Gasteiger partial charge in [0.1, 0.15) is 11.3 Å². The van der Waals surface area contributed by atoms with Gasteiger partial charge in [0.25, 0.3) is 0 Å². The fourth-order valence-electron chi connectivity index (χ4n) is 2.69. The van der Waals surface area contributed by atoms with Crippen LogP contribution in [0.4, 0.5) is 0 Å². The molecule has 0 amide bonds. The van der Waals surface area contributed by atoms with Crippen molar-refractivity contribution in [2.45, 2.75) is 19.9 Å². The molecule has 0 spiro atoms. The molecule has 0 saturated carbocycles. The fourth-order valence-corrected chi connectivity index (χ4v) is 2.69. The van der Waals surface area contributed by atoms with E-state index in [0.717, 1.165) is 50.0 Å². The fraction of sp³-hybridized carbons (Fsp3) is 0.526. The van der Waals surface area contributed by atoms with E-state index in [9.17, 15) is 0 Å². The number of hydrogen-bond acceptors (Lipinski definition) is 4. The smallest absolute Gasteiger partial charge is 0.191 e. The number of guanidine groups is 1. The van der Waals surface area contributed by atoms with E-state index in [2.05, 4.69) is 40.6 Å². The number of para-hydroxylation sites is 1. The van der Waals surface area contributed by atoms with Crippen molar-refractivity contribution >= 4 is 40.9 Å². The number of rotatable bonds is 9. The molecule has 1 aromatic heterocycles. The molecule has 6 nitrogen and oxygen atoms in total. The van der Waals surface area contributed by atoms with E-state index in [0.29, 0.717) is 6.54 Å². The van der Waals surface area contributed by atoms with Gasteiger partial charge in [0, 0.05) is 38.2 Å². The molecule has 2 aromatic rings. The number of fused-ring (bicyclic) bond motifs is 1. The number of nitrogens with one attached hydrogen (secondary N) is 2. The number of likely N-dealkylation sites (N-methyl/N-ethyl adjacent to an activating group) is 1. The average molecular weight is 474 g/mol. The van der Waals surface area contributed by atoms with Crippen molar-refractivity contribution < 1.29 is 9.15 Å². The Hall–Kier alpha value is -1.32. The van der Waals surface area contributed by atoms with Crippen LogP contribution in [0, 0.1) is 6.92 Å². The number of nitrogens with zero attached hydrogens (tertiary/aromatic N) is 2. The van der Waals surface area contributed by atoms with Crippen LogP contribution in [-0.2, 0) is 11.3 Å². The normalized spacial score (nSPS) is 11.7. The lowest BCUT2D eigenvalue weighted by Crippen LogP contribution is -2.38. The van der Waals surface area contributed by atoms with Crippen LogP contribution >= 0.6 is 24.0 Å². The first-order valence-corrected chi connectivity index (χ1v) is 8.74. The van der Waals surface area contributed by atoms with Gasteiger partial charge >= 0.3 is 0 Å². The SMILES string of the molecule is CN=C(NCCCN(C)CCOC)NCc1oc2ccccc2c1C.I. The highest BCUT2D eigenvalue weighted by Gasteiger charge is 2.10. The van der Waals surface area contributed by atoms with E-state index in [-0.39, 0.29) is 24.0 Å². The standard InChI is InChI=1S/C19H30N4O2.HI/c1-15-16-8-5-6-9-17(16)25-18(15)14-22-19(20-2)21-10-7-11-23(3)12-13-24-4;/h5-6,8-9H,7,10-14H2,1-4H3,(H2,20,21,22);1H. The third-order valence-electron chi connectivity index (χ3n) is 4.27. The van der Waals surface area contributed by atoms with Gasteiger partial charge in [-0.15, -0.1) is 24.0 Å². The molecule has 26 heavy (non-hydrogen) atoms. The lowest BCUT2D eigenvalue weighted by molar-refractivity contribution is 0.161. The molecule has 0 unspecified atom stereocenters. The van der Waals surface area contributed by atoms with Crippen molar-refractivity contribution in [3.05, 3.63) is 35.6 Å². The molecule has 146 valence electrons. The summed E-state index contributed by atoms with van der Waals surface area (Å²) in [4.78, 5) is 6.54. The molecule has 2 N–H and O–H groups in total. The Morgan fingerprint density at radius 1 is 1.23 bits per heavy atom. The summed E-state index contributed by atoms with van der Waals surface area (Å²) in [5, 5.41) is 7.83. The molecule has 0 bridgehead atoms. The minimum atomic E-state index is 0. The van der Waals surface area contributed by atoms with Crippen LogP contribution < -0.4 is 10.6 Å². The summed E-state index contributed by atoms with van der Waals surface area (Å²) in [5.41, 5.74) is 2.11. The van der Waals surface area contributed by atoms with Crippen molar-refractivity contribution in [1.29, 1.82) is 0 Å². The number of hydrogen-bond donors (Lipinski definition) is 2. The van der Waals surface area contributed by atoms with Crippen LogP contribution in [0.2, 0.25) is 0 Å². The highest BCUT2D eigenvalue weighted by atomic mass is 127. The molecule has 0 atom stereocenters. The summed E-state index contributed by atoms with van der Waals surface area (Å²) in [7, 11) is 5.62. The van der Waals surface area contributed by atoms with Gasteiger partial charge in [-0.2, -0.15) is 0 Å².